The molecule has 2 rings (SSSR count). The normalized spacial score (nSPS) is 15.0. The molecule has 1 aliphatic rings. The molecule has 0 atom stereocenters. The van der Waals surface area contributed by atoms with E-state index in [2.05, 4.69) is 27.6 Å². The number of benzene rings is 1. The maximum atomic E-state index is 11.9. The summed E-state index contributed by atoms with van der Waals surface area (Å²) in [6.45, 7) is 3.79. The lowest BCUT2D eigenvalue weighted by atomic mass is 9.96. The van der Waals surface area contributed by atoms with E-state index < -0.39 is 0 Å². The van der Waals surface area contributed by atoms with Gasteiger partial charge in [0.1, 0.15) is 0 Å². The molecule has 164 valence electrons. The van der Waals surface area contributed by atoms with Gasteiger partial charge in [0.15, 0.2) is 5.96 Å². The fourth-order valence-electron chi connectivity index (χ4n) is 3.33. The van der Waals surface area contributed by atoms with Crippen molar-refractivity contribution >= 4 is 41.5 Å². The van der Waals surface area contributed by atoms with Crippen molar-refractivity contribution in [1.82, 2.24) is 15.1 Å². The molecule has 7 nitrogen and oxygen atoms in total. The summed E-state index contributed by atoms with van der Waals surface area (Å²) in [4.78, 5) is 20.4. The van der Waals surface area contributed by atoms with Crippen LogP contribution in [0.15, 0.2) is 29.3 Å². The third-order valence-corrected chi connectivity index (χ3v) is 4.91. The molecule has 1 heterocycles. The molecule has 2 N–H and O–H groups in total. The molecule has 0 unspecified atom stereocenters. The van der Waals surface area contributed by atoms with Gasteiger partial charge in [0.25, 0.3) is 0 Å². The average molecular weight is 517 g/mol. The summed E-state index contributed by atoms with van der Waals surface area (Å²) in [5.41, 5.74) is 1.91. The minimum Gasteiger partial charge on any atom is -0.381 e. The second-order valence-corrected chi connectivity index (χ2v) is 7.65. The Bertz CT molecular complexity index is 648. The molecule has 1 amide bonds. The zero-order valence-electron chi connectivity index (χ0n) is 18.1. The highest BCUT2D eigenvalue weighted by Gasteiger charge is 2.15. The number of guanidine groups is 1. The molecule has 8 heteroatoms. The Morgan fingerprint density at radius 1 is 1.24 bits per heavy atom. The molecule has 1 aliphatic heterocycles. The van der Waals surface area contributed by atoms with Crippen LogP contribution in [0.5, 0.6) is 0 Å². The highest BCUT2D eigenvalue weighted by Crippen LogP contribution is 2.18. The van der Waals surface area contributed by atoms with Crippen molar-refractivity contribution in [3.05, 3.63) is 29.8 Å². The summed E-state index contributed by atoms with van der Waals surface area (Å²) >= 11 is 0. The zero-order chi connectivity index (χ0) is 20.4. The van der Waals surface area contributed by atoms with Crippen molar-refractivity contribution < 1.29 is 9.53 Å². The number of aliphatic imine (C=N–C) groups is 1. The minimum absolute atomic E-state index is 0. The van der Waals surface area contributed by atoms with Crippen LogP contribution in [0.3, 0.4) is 0 Å². The van der Waals surface area contributed by atoms with E-state index in [0.29, 0.717) is 13.1 Å². The topological polar surface area (TPSA) is 69.2 Å². The number of likely N-dealkylation sites (N-methyl/N-ethyl adjacent to an activating group) is 1. The van der Waals surface area contributed by atoms with Gasteiger partial charge in [0, 0.05) is 46.1 Å². The third-order valence-electron chi connectivity index (χ3n) is 4.91. The van der Waals surface area contributed by atoms with Crippen molar-refractivity contribution in [3.8, 4) is 0 Å². The molecule has 29 heavy (non-hydrogen) atoms. The number of rotatable bonds is 8. The fraction of sp³-hybridized carbons (Fsp3) is 0.619. The number of nitrogens with zero attached hydrogens (tertiary/aromatic N) is 3. The number of amides is 1. The standard InChI is InChI=1S/C21H35N5O2.HI/c1-22-21(26(4)11-8-17-9-12-28-13-10-17)23-15-18-6-5-7-19(14-18)24-20(27)16-25(2)3;/h5-7,14,17H,8-13,15-16H2,1-4H3,(H,22,23)(H,24,27);1H. The van der Waals surface area contributed by atoms with Crippen molar-refractivity contribution in [2.45, 2.75) is 25.8 Å². The Morgan fingerprint density at radius 3 is 2.62 bits per heavy atom. The monoisotopic (exact) mass is 517 g/mol. The first-order valence-corrected chi connectivity index (χ1v) is 10.0. The van der Waals surface area contributed by atoms with Gasteiger partial charge in [-0.2, -0.15) is 0 Å². The molecule has 1 fully saturated rings. The van der Waals surface area contributed by atoms with Crippen molar-refractivity contribution in [2.24, 2.45) is 10.9 Å². The summed E-state index contributed by atoms with van der Waals surface area (Å²) in [5.74, 6) is 1.62. The smallest absolute Gasteiger partial charge is 0.238 e. The number of carbonyl (C=O) groups excluding carboxylic acids is 1. The largest absolute Gasteiger partial charge is 0.381 e. The van der Waals surface area contributed by atoms with Crippen molar-refractivity contribution in [1.29, 1.82) is 0 Å². The lowest BCUT2D eigenvalue weighted by Gasteiger charge is -2.27. The Labute approximate surface area is 192 Å². The molecule has 1 aromatic carbocycles. The quantitative estimate of drug-likeness (QED) is 0.315. The van der Waals surface area contributed by atoms with Crippen LogP contribution < -0.4 is 10.6 Å². The lowest BCUT2D eigenvalue weighted by Crippen LogP contribution is -2.39. The summed E-state index contributed by atoms with van der Waals surface area (Å²) in [7, 11) is 7.64. The van der Waals surface area contributed by atoms with Gasteiger partial charge in [-0.25, -0.2) is 0 Å². The van der Waals surface area contributed by atoms with Crippen LogP contribution in [-0.4, -0.2) is 76.2 Å². The van der Waals surface area contributed by atoms with Crippen LogP contribution in [0.2, 0.25) is 0 Å². The molecule has 0 aliphatic carbocycles. The third kappa shape index (κ3) is 9.77. The van der Waals surface area contributed by atoms with Crippen LogP contribution in [0.25, 0.3) is 0 Å². The first-order chi connectivity index (χ1) is 13.5. The van der Waals surface area contributed by atoms with Crippen LogP contribution >= 0.6 is 24.0 Å². The molecular weight excluding hydrogens is 481 g/mol. The van der Waals surface area contributed by atoms with Gasteiger partial charge in [-0.05, 0) is 57.0 Å². The Morgan fingerprint density at radius 2 is 1.97 bits per heavy atom. The van der Waals surface area contributed by atoms with Gasteiger partial charge in [0.05, 0.1) is 6.54 Å². The minimum atomic E-state index is -0.0150. The number of carbonyl (C=O) groups is 1. The van der Waals surface area contributed by atoms with E-state index in [1.54, 1.807) is 0 Å². The second-order valence-electron chi connectivity index (χ2n) is 7.65. The summed E-state index contributed by atoms with van der Waals surface area (Å²) < 4.78 is 5.44. The van der Waals surface area contributed by atoms with Gasteiger partial charge in [-0.3, -0.25) is 9.79 Å². The second kappa shape index (κ2) is 13.8. The van der Waals surface area contributed by atoms with Gasteiger partial charge in [0.2, 0.25) is 5.91 Å². The number of anilines is 1. The molecule has 0 aromatic heterocycles. The molecule has 1 saturated heterocycles. The summed E-state index contributed by atoms with van der Waals surface area (Å²) in [6.07, 6.45) is 3.48. The van der Waals surface area contributed by atoms with E-state index >= 15 is 0 Å². The molecular formula is C21H36IN5O2. The molecule has 0 saturated carbocycles. The number of hydrogen-bond donors (Lipinski definition) is 2. The molecule has 1 aromatic rings. The van der Waals surface area contributed by atoms with E-state index in [0.717, 1.165) is 62.1 Å². The predicted molar refractivity (Wildman–Crippen MR) is 130 cm³/mol. The Hall–Kier alpha value is -1.39. The first-order valence-electron chi connectivity index (χ1n) is 10.0. The highest BCUT2D eigenvalue weighted by molar-refractivity contribution is 14.0. The summed E-state index contributed by atoms with van der Waals surface area (Å²) in [5, 5.41) is 6.35. The molecule has 0 spiro atoms. The fourth-order valence-corrected chi connectivity index (χ4v) is 3.33. The first kappa shape index (κ1) is 25.6. The Kier molecular flexibility index (Phi) is 12.2. The van der Waals surface area contributed by atoms with Gasteiger partial charge >= 0.3 is 0 Å². The average Bonchev–Trinajstić information content (AvgIpc) is 2.67. The maximum Gasteiger partial charge on any atom is 0.238 e. The van der Waals surface area contributed by atoms with E-state index in [1.165, 1.54) is 0 Å². The van der Waals surface area contributed by atoms with E-state index in [1.807, 2.05) is 50.3 Å². The SMILES string of the molecule is CN=C(NCc1cccc(NC(=O)CN(C)C)c1)N(C)CCC1CCOCC1.I. The number of hydrogen-bond acceptors (Lipinski definition) is 4. The van der Waals surface area contributed by atoms with E-state index in [-0.39, 0.29) is 29.9 Å². The highest BCUT2D eigenvalue weighted by atomic mass is 127. The van der Waals surface area contributed by atoms with E-state index in [9.17, 15) is 4.79 Å². The lowest BCUT2D eigenvalue weighted by molar-refractivity contribution is -0.116. The molecule has 0 bridgehead atoms. The van der Waals surface area contributed by atoms with Crippen molar-refractivity contribution in [2.75, 3.05) is 59.8 Å². The van der Waals surface area contributed by atoms with Gasteiger partial charge in [-0.15, -0.1) is 24.0 Å². The summed E-state index contributed by atoms with van der Waals surface area (Å²) in [6, 6.07) is 7.91. The zero-order valence-corrected chi connectivity index (χ0v) is 20.4. The maximum absolute atomic E-state index is 11.9. The van der Waals surface area contributed by atoms with Crippen LogP contribution in [0.1, 0.15) is 24.8 Å². The van der Waals surface area contributed by atoms with Gasteiger partial charge < -0.3 is 25.2 Å². The van der Waals surface area contributed by atoms with E-state index in [4.69, 9.17) is 4.74 Å². The number of ether oxygens (including phenoxy) is 1. The molecule has 0 radical (unpaired) electrons. The van der Waals surface area contributed by atoms with Crippen LogP contribution in [0, 0.1) is 5.92 Å². The predicted octanol–water partition coefficient (Wildman–Crippen LogP) is 2.63. The Balaban J connectivity index is 0.00000420. The number of halogens is 1. The van der Waals surface area contributed by atoms with Crippen LogP contribution in [0.4, 0.5) is 5.69 Å². The van der Waals surface area contributed by atoms with Gasteiger partial charge in [-0.1, -0.05) is 12.1 Å². The van der Waals surface area contributed by atoms with Crippen LogP contribution in [-0.2, 0) is 16.1 Å². The number of nitrogens with one attached hydrogen (secondary N) is 2. The van der Waals surface area contributed by atoms with Crippen molar-refractivity contribution in [3.63, 3.8) is 0 Å².